The number of hydrogen-bond acceptors (Lipinski definition) is 8. The summed E-state index contributed by atoms with van der Waals surface area (Å²) in [5, 5.41) is 12.8. The molecule has 2 N–H and O–H groups in total. The van der Waals surface area contributed by atoms with Gasteiger partial charge in [0.1, 0.15) is 24.1 Å². The molecule has 3 rings (SSSR count). The third-order valence-electron chi connectivity index (χ3n) is 5.65. The number of nitrogens with one attached hydrogen (secondary N) is 1. The molecule has 9 nitrogen and oxygen atoms in total. The van der Waals surface area contributed by atoms with Crippen LogP contribution in [0.1, 0.15) is 42.7 Å². The molecular weight excluding hydrogens is 459 g/mol. The van der Waals surface area contributed by atoms with Crippen molar-refractivity contribution in [2.75, 3.05) is 20.3 Å². The maximum Gasteiger partial charge on any atom is 0.329 e. The number of pyridine rings is 1. The average molecular weight is 491 g/mol. The lowest BCUT2D eigenvalue weighted by molar-refractivity contribution is -0.164. The van der Waals surface area contributed by atoms with Crippen LogP contribution in [0, 0.1) is 5.82 Å². The summed E-state index contributed by atoms with van der Waals surface area (Å²) in [7, 11) is 1.35. The zero-order valence-corrected chi connectivity index (χ0v) is 20.0. The van der Waals surface area contributed by atoms with Crippen LogP contribution in [0.15, 0.2) is 36.5 Å². The van der Waals surface area contributed by atoms with Gasteiger partial charge in [-0.2, -0.15) is 0 Å². The number of rotatable bonds is 8. The first-order valence-corrected chi connectivity index (χ1v) is 11.5. The summed E-state index contributed by atoms with van der Waals surface area (Å²) in [5.74, 6) is -2.08. The molecule has 2 heterocycles. The third kappa shape index (κ3) is 6.89. The number of aromatic hydroxyl groups is 1. The summed E-state index contributed by atoms with van der Waals surface area (Å²) in [6.45, 7) is 4.24. The van der Waals surface area contributed by atoms with Crippen molar-refractivity contribution in [2.24, 2.45) is 0 Å². The van der Waals surface area contributed by atoms with E-state index in [0.29, 0.717) is 13.0 Å². The van der Waals surface area contributed by atoms with Gasteiger partial charge in [-0.1, -0.05) is 19.1 Å². The SMILES string of the molecule is CCCO[C@H]1[C@H](C)OC(=O)[C@@H](NC(=O)c2nccc(OC)c2O)CCO[C@@H]1Cc1ccc(F)cc1. The van der Waals surface area contributed by atoms with Crippen LogP contribution >= 0.6 is 0 Å². The molecule has 1 aliphatic heterocycles. The summed E-state index contributed by atoms with van der Waals surface area (Å²) in [6.07, 6.45) is 0.917. The molecule has 4 atom stereocenters. The molecule has 0 bridgehead atoms. The number of benzene rings is 1. The minimum Gasteiger partial charge on any atom is -0.503 e. The van der Waals surface area contributed by atoms with Crippen molar-refractivity contribution in [1.82, 2.24) is 10.3 Å². The van der Waals surface area contributed by atoms with Crippen LogP contribution < -0.4 is 10.1 Å². The predicted octanol–water partition coefficient (Wildman–Crippen LogP) is 2.79. The molecule has 1 aliphatic rings. The molecule has 1 saturated heterocycles. The highest BCUT2D eigenvalue weighted by Gasteiger charge is 2.36. The molecule has 190 valence electrons. The van der Waals surface area contributed by atoms with E-state index in [0.717, 1.165) is 12.0 Å². The van der Waals surface area contributed by atoms with Crippen molar-refractivity contribution in [1.29, 1.82) is 0 Å². The fourth-order valence-corrected chi connectivity index (χ4v) is 3.83. The van der Waals surface area contributed by atoms with Gasteiger partial charge >= 0.3 is 5.97 Å². The van der Waals surface area contributed by atoms with Crippen LogP contribution in [0.4, 0.5) is 4.39 Å². The van der Waals surface area contributed by atoms with Crippen molar-refractivity contribution in [3.05, 3.63) is 53.6 Å². The highest BCUT2D eigenvalue weighted by molar-refractivity contribution is 5.97. The van der Waals surface area contributed by atoms with Crippen molar-refractivity contribution in [3.63, 3.8) is 0 Å². The highest BCUT2D eigenvalue weighted by atomic mass is 19.1. The van der Waals surface area contributed by atoms with Gasteiger partial charge in [-0.25, -0.2) is 14.2 Å². The molecule has 1 fully saturated rings. The van der Waals surface area contributed by atoms with E-state index in [1.807, 2.05) is 6.92 Å². The number of esters is 1. The second-order valence-corrected chi connectivity index (χ2v) is 8.24. The van der Waals surface area contributed by atoms with Crippen LogP contribution in [-0.4, -0.2) is 66.6 Å². The zero-order valence-electron chi connectivity index (χ0n) is 20.0. The minimum atomic E-state index is -1.03. The van der Waals surface area contributed by atoms with Crippen molar-refractivity contribution >= 4 is 11.9 Å². The van der Waals surface area contributed by atoms with Gasteiger partial charge in [-0.05, 0) is 31.0 Å². The summed E-state index contributed by atoms with van der Waals surface area (Å²) < 4.78 is 36.1. The average Bonchev–Trinajstić information content (AvgIpc) is 2.88. The highest BCUT2D eigenvalue weighted by Crippen LogP contribution is 2.28. The number of methoxy groups -OCH3 is 1. The first kappa shape index (κ1) is 26.4. The van der Waals surface area contributed by atoms with Gasteiger partial charge in [0, 0.05) is 38.3 Å². The Morgan fingerprint density at radius 1 is 1.29 bits per heavy atom. The number of ether oxygens (including phenoxy) is 4. The van der Waals surface area contributed by atoms with E-state index in [2.05, 4.69) is 10.3 Å². The topological polar surface area (TPSA) is 116 Å². The summed E-state index contributed by atoms with van der Waals surface area (Å²) in [4.78, 5) is 29.6. The fourth-order valence-electron chi connectivity index (χ4n) is 3.83. The molecule has 35 heavy (non-hydrogen) atoms. The number of carbonyl (C=O) groups excluding carboxylic acids is 2. The molecule has 0 unspecified atom stereocenters. The normalized spacial score (nSPS) is 22.9. The van der Waals surface area contributed by atoms with Gasteiger partial charge in [0.15, 0.2) is 17.2 Å². The lowest BCUT2D eigenvalue weighted by Crippen LogP contribution is -2.45. The Bertz CT molecular complexity index is 1000. The number of hydrogen-bond donors (Lipinski definition) is 2. The minimum absolute atomic E-state index is 0.0821. The van der Waals surface area contributed by atoms with E-state index in [9.17, 15) is 19.1 Å². The van der Waals surface area contributed by atoms with Gasteiger partial charge in [-0.15, -0.1) is 0 Å². The number of nitrogens with zero attached hydrogens (tertiary/aromatic N) is 1. The molecule has 1 aromatic heterocycles. The van der Waals surface area contributed by atoms with E-state index in [4.69, 9.17) is 18.9 Å². The summed E-state index contributed by atoms with van der Waals surface area (Å²) in [5.41, 5.74) is 0.577. The largest absolute Gasteiger partial charge is 0.503 e. The van der Waals surface area contributed by atoms with E-state index < -0.39 is 42.0 Å². The molecule has 1 aromatic carbocycles. The van der Waals surface area contributed by atoms with Crippen LogP contribution in [-0.2, 0) is 25.4 Å². The van der Waals surface area contributed by atoms with Crippen molar-refractivity contribution < 1.29 is 38.0 Å². The summed E-state index contributed by atoms with van der Waals surface area (Å²) in [6, 6.07) is 6.49. The molecule has 0 spiro atoms. The van der Waals surface area contributed by atoms with E-state index in [1.54, 1.807) is 19.1 Å². The van der Waals surface area contributed by atoms with E-state index in [1.165, 1.54) is 31.5 Å². The Hall–Kier alpha value is -3.24. The quantitative estimate of drug-likeness (QED) is 0.543. The molecular formula is C25H31FN2O7. The van der Waals surface area contributed by atoms with Gasteiger partial charge < -0.3 is 29.4 Å². The first-order valence-electron chi connectivity index (χ1n) is 11.5. The monoisotopic (exact) mass is 490 g/mol. The number of amides is 1. The Morgan fingerprint density at radius 2 is 2.03 bits per heavy atom. The third-order valence-corrected chi connectivity index (χ3v) is 5.65. The van der Waals surface area contributed by atoms with Crippen LogP contribution in [0.25, 0.3) is 0 Å². The Morgan fingerprint density at radius 3 is 2.71 bits per heavy atom. The first-order chi connectivity index (χ1) is 16.8. The number of cyclic esters (lactones) is 1. The van der Waals surface area contributed by atoms with Gasteiger partial charge in [-0.3, -0.25) is 4.79 Å². The Labute approximate surface area is 203 Å². The molecule has 2 aromatic rings. The Kier molecular flexibility index (Phi) is 9.39. The molecule has 0 aliphatic carbocycles. The lowest BCUT2D eigenvalue weighted by atomic mass is 10.0. The number of carbonyl (C=O) groups is 2. The summed E-state index contributed by atoms with van der Waals surface area (Å²) >= 11 is 0. The maximum absolute atomic E-state index is 13.3. The van der Waals surface area contributed by atoms with Crippen molar-refractivity contribution in [3.8, 4) is 11.5 Å². The second-order valence-electron chi connectivity index (χ2n) is 8.24. The number of aromatic nitrogens is 1. The fraction of sp³-hybridized carbons (Fsp3) is 0.480. The standard InChI is InChI=1S/C25H31FN2O7/c1-4-12-34-23-15(2)35-25(31)18(28-24(30)21-22(29)19(32-3)9-11-27-21)10-13-33-20(23)14-16-5-7-17(26)8-6-16/h5-9,11,15,18,20,23,29H,4,10,12-14H2,1-3H3,(H,28,30)/t15-,18-,20+,23-/m0/s1. The lowest BCUT2D eigenvalue weighted by Gasteiger charge is -2.31. The van der Waals surface area contributed by atoms with Crippen LogP contribution in [0.3, 0.4) is 0 Å². The smallest absolute Gasteiger partial charge is 0.329 e. The van der Waals surface area contributed by atoms with E-state index >= 15 is 0 Å². The van der Waals surface area contributed by atoms with Gasteiger partial charge in [0.05, 0.1) is 13.2 Å². The molecule has 0 saturated carbocycles. The second kappa shape index (κ2) is 12.5. The van der Waals surface area contributed by atoms with E-state index in [-0.39, 0.29) is 30.3 Å². The zero-order chi connectivity index (χ0) is 25.4. The molecule has 10 heteroatoms. The number of halogens is 1. The molecule has 1 amide bonds. The van der Waals surface area contributed by atoms with Crippen LogP contribution in [0.2, 0.25) is 0 Å². The van der Waals surface area contributed by atoms with Gasteiger partial charge in [0.25, 0.3) is 5.91 Å². The maximum atomic E-state index is 13.3. The van der Waals surface area contributed by atoms with Gasteiger partial charge in [0.2, 0.25) is 0 Å². The van der Waals surface area contributed by atoms with Crippen molar-refractivity contribution in [2.45, 2.75) is 57.5 Å². The Balaban J connectivity index is 1.77. The van der Waals surface area contributed by atoms with Crippen LogP contribution in [0.5, 0.6) is 11.5 Å². The molecule has 0 radical (unpaired) electrons. The predicted molar refractivity (Wildman–Crippen MR) is 124 cm³/mol.